The quantitative estimate of drug-likeness (QED) is 0.535. The number of imide groups is 1. The predicted octanol–water partition coefficient (Wildman–Crippen LogP) is -1.33. The summed E-state index contributed by atoms with van der Waals surface area (Å²) in [5, 5.41) is 4.62. The van der Waals surface area contributed by atoms with Crippen molar-refractivity contribution in [2.24, 2.45) is 0 Å². The lowest BCUT2D eigenvalue weighted by Crippen LogP contribution is -2.38. The first-order valence-corrected chi connectivity index (χ1v) is 3.99. The summed E-state index contributed by atoms with van der Waals surface area (Å²) >= 11 is 0. The van der Waals surface area contributed by atoms with Crippen molar-refractivity contribution in [2.45, 2.75) is 6.92 Å². The molecule has 0 bridgehead atoms. The van der Waals surface area contributed by atoms with Crippen molar-refractivity contribution >= 4 is 17.8 Å². The second-order valence-electron chi connectivity index (χ2n) is 2.66. The summed E-state index contributed by atoms with van der Waals surface area (Å²) in [4.78, 5) is 33.8. The lowest BCUT2D eigenvalue weighted by Gasteiger charge is -2.11. The van der Waals surface area contributed by atoms with E-state index in [9.17, 15) is 14.4 Å². The third-order valence-electron chi connectivity index (χ3n) is 1.58. The number of carbonyl (C=O) groups is 3. The van der Waals surface area contributed by atoms with E-state index in [-0.39, 0.29) is 24.9 Å². The minimum Gasteiger partial charge on any atom is -0.355 e. The van der Waals surface area contributed by atoms with Gasteiger partial charge in [-0.15, -0.1) is 0 Å². The molecule has 6 heteroatoms. The van der Waals surface area contributed by atoms with Crippen LogP contribution >= 0.6 is 0 Å². The minimum atomic E-state index is -0.503. The monoisotopic (exact) mass is 185 g/mol. The van der Waals surface area contributed by atoms with E-state index in [1.54, 1.807) is 6.92 Å². The predicted molar refractivity (Wildman–Crippen MR) is 43.8 cm³/mol. The van der Waals surface area contributed by atoms with Crippen molar-refractivity contribution in [1.82, 2.24) is 15.5 Å². The Labute approximate surface area is 75.3 Å². The molecule has 1 rings (SSSR count). The van der Waals surface area contributed by atoms with E-state index in [4.69, 9.17) is 0 Å². The van der Waals surface area contributed by atoms with Gasteiger partial charge in [-0.1, -0.05) is 0 Å². The Bertz CT molecular complexity index is 251. The van der Waals surface area contributed by atoms with E-state index in [0.717, 1.165) is 4.90 Å². The van der Waals surface area contributed by atoms with Gasteiger partial charge in [0.2, 0.25) is 11.8 Å². The highest BCUT2D eigenvalue weighted by molar-refractivity contribution is 6.03. The Morgan fingerprint density at radius 2 is 2.31 bits per heavy atom. The normalized spacial score (nSPS) is 15.9. The van der Waals surface area contributed by atoms with Gasteiger partial charge >= 0.3 is 6.03 Å². The van der Waals surface area contributed by atoms with Crippen LogP contribution in [0.1, 0.15) is 6.92 Å². The van der Waals surface area contributed by atoms with Gasteiger partial charge in [-0.3, -0.25) is 14.9 Å². The molecule has 0 aliphatic carbocycles. The fourth-order valence-corrected chi connectivity index (χ4v) is 1.04. The molecule has 0 atom stereocenters. The molecular weight excluding hydrogens is 174 g/mol. The molecule has 1 aliphatic rings. The molecule has 2 N–H and O–H groups in total. The molecular formula is C7H11N3O3. The number of hydrogen-bond donors (Lipinski definition) is 2. The molecule has 72 valence electrons. The zero-order chi connectivity index (χ0) is 9.84. The first-order chi connectivity index (χ1) is 6.13. The van der Waals surface area contributed by atoms with Crippen molar-refractivity contribution < 1.29 is 14.4 Å². The number of carbonyl (C=O) groups excluding carboxylic acids is 3. The van der Waals surface area contributed by atoms with Crippen LogP contribution in [-0.2, 0) is 9.59 Å². The molecule has 0 unspecified atom stereocenters. The Morgan fingerprint density at radius 1 is 1.62 bits per heavy atom. The molecule has 1 aliphatic heterocycles. The highest BCUT2D eigenvalue weighted by atomic mass is 16.2. The summed E-state index contributed by atoms with van der Waals surface area (Å²) < 4.78 is 0. The average Bonchev–Trinajstić information content (AvgIpc) is 2.30. The molecule has 4 amide bonds. The number of nitrogens with one attached hydrogen (secondary N) is 2. The van der Waals surface area contributed by atoms with Gasteiger partial charge < -0.3 is 10.2 Å². The first-order valence-electron chi connectivity index (χ1n) is 3.99. The SMILES string of the molecule is CCNC(=O)CN1CC(=O)NC1=O. The molecule has 0 radical (unpaired) electrons. The fourth-order valence-electron chi connectivity index (χ4n) is 1.04. The molecule has 0 aromatic heterocycles. The maximum absolute atomic E-state index is 11.0. The van der Waals surface area contributed by atoms with Crippen LogP contribution < -0.4 is 10.6 Å². The number of rotatable bonds is 3. The minimum absolute atomic E-state index is 0.0318. The van der Waals surface area contributed by atoms with Crippen LogP contribution in [0.2, 0.25) is 0 Å². The molecule has 1 heterocycles. The fraction of sp³-hybridized carbons (Fsp3) is 0.571. The summed E-state index contributed by atoms with van der Waals surface area (Å²) in [5.74, 6) is -0.623. The summed E-state index contributed by atoms with van der Waals surface area (Å²) in [5.41, 5.74) is 0. The van der Waals surface area contributed by atoms with E-state index in [1.807, 2.05) is 0 Å². The first kappa shape index (κ1) is 9.50. The second-order valence-corrected chi connectivity index (χ2v) is 2.66. The van der Waals surface area contributed by atoms with Gasteiger partial charge in [0, 0.05) is 6.54 Å². The highest BCUT2D eigenvalue weighted by Crippen LogP contribution is 1.96. The van der Waals surface area contributed by atoms with E-state index in [2.05, 4.69) is 10.6 Å². The smallest absolute Gasteiger partial charge is 0.325 e. The lowest BCUT2D eigenvalue weighted by atomic mass is 10.5. The average molecular weight is 185 g/mol. The van der Waals surface area contributed by atoms with Crippen LogP contribution in [0, 0.1) is 0 Å². The third-order valence-corrected chi connectivity index (χ3v) is 1.58. The molecule has 0 aromatic carbocycles. The molecule has 13 heavy (non-hydrogen) atoms. The Kier molecular flexibility index (Phi) is 2.84. The van der Waals surface area contributed by atoms with Gasteiger partial charge in [0.25, 0.3) is 0 Å². The molecule has 1 fully saturated rings. The maximum atomic E-state index is 11.0. The van der Waals surface area contributed by atoms with Crippen molar-refractivity contribution in [2.75, 3.05) is 19.6 Å². The van der Waals surface area contributed by atoms with Crippen molar-refractivity contribution in [3.05, 3.63) is 0 Å². The summed E-state index contributed by atoms with van der Waals surface area (Å²) in [7, 11) is 0. The van der Waals surface area contributed by atoms with Gasteiger partial charge in [-0.2, -0.15) is 0 Å². The topological polar surface area (TPSA) is 78.5 Å². The summed E-state index contributed by atoms with van der Waals surface area (Å²) in [6.45, 7) is 2.21. The summed E-state index contributed by atoms with van der Waals surface area (Å²) in [6, 6.07) is -0.503. The van der Waals surface area contributed by atoms with Crippen molar-refractivity contribution in [3.63, 3.8) is 0 Å². The number of likely N-dealkylation sites (N-methyl/N-ethyl adjacent to an activating group) is 1. The number of urea groups is 1. The van der Waals surface area contributed by atoms with Gasteiger partial charge in [-0.05, 0) is 6.92 Å². The Balaban J connectivity index is 2.41. The van der Waals surface area contributed by atoms with E-state index in [0.29, 0.717) is 6.54 Å². The van der Waals surface area contributed by atoms with E-state index >= 15 is 0 Å². The van der Waals surface area contributed by atoms with Crippen LogP contribution in [-0.4, -0.2) is 42.4 Å². The number of amides is 4. The molecule has 0 aromatic rings. The molecule has 0 spiro atoms. The summed E-state index contributed by atoms with van der Waals surface area (Å²) in [6.07, 6.45) is 0. The molecule has 6 nitrogen and oxygen atoms in total. The van der Waals surface area contributed by atoms with Gasteiger partial charge in [0.1, 0.15) is 13.1 Å². The van der Waals surface area contributed by atoms with Crippen LogP contribution in [0.5, 0.6) is 0 Å². The van der Waals surface area contributed by atoms with Gasteiger partial charge in [0.15, 0.2) is 0 Å². The van der Waals surface area contributed by atoms with Crippen LogP contribution in [0.15, 0.2) is 0 Å². The van der Waals surface area contributed by atoms with Crippen LogP contribution in [0.25, 0.3) is 0 Å². The lowest BCUT2D eigenvalue weighted by molar-refractivity contribution is -0.121. The third kappa shape index (κ3) is 2.43. The van der Waals surface area contributed by atoms with E-state index in [1.165, 1.54) is 0 Å². The largest absolute Gasteiger partial charge is 0.355 e. The second kappa shape index (κ2) is 3.88. The Hall–Kier alpha value is -1.59. The van der Waals surface area contributed by atoms with Gasteiger partial charge in [0.05, 0.1) is 0 Å². The Morgan fingerprint density at radius 3 is 2.77 bits per heavy atom. The van der Waals surface area contributed by atoms with E-state index < -0.39 is 6.03 Å². The maximum Gasteiger partial charge on any atom is 0.325 e. The number of hydrogen-bond acceptors (Lipinski definition) is 3. The molecule has 0 saturated carbocycles. The van der Waals surface area contributed by atoms with Crippen molar-refractivity contribution in [1.29, 1.82) is 0 Å². The highest BCUT2D eigenvalue weighted by Gasteiger charge is 2.27. The zero-order valence-corrected chi connectivity index (χ0v) is 7.29. The zero-order valence-electron chi connectivity index (χ0n) is 7.29. The van der Waals surface area contributed by atoms with Gasteiger partial charge in [-0.25, -0.2) is 4.79 Å². The van der Waals surface area contributed by atoms with Crippen molar-refractivity contribution in [3.8, 4) is 0 Å². The number of nitrogens with zero attached hydrogens (tertiary/aromatic N) is 1. The molecule has 1 saturated heterocycles. The van der Waals surface area contributed by atoms with Crippen LogP contribution in [0.4, 0.5) is 4.79 Å². The standard InChI is InChI=1S/C7H11N3O3/c1-2-8-5(11)3-10-4-6(12)9-7(10)13/h2-4H2,1H3,(H,8,11)(H,9,12,13). The van der Waals surface area contributed by atoms with Crippen LogP contribution in [0.3, 0.4) is 0 Å².